The Morgan fingerprint density at radius 3 is 2.42 bits per heavy atom. The highest BCUT2D eigenvalue weighted by Gasteiger charge is 2.09. The van der Waals surface area contributed by atoms with Crippen molar-refractivity contribution in [1.29, 1.82) is 0 Å². The average Bonchev–Trinajstić information content (AvgIpc) is 2.02. The van der Waals surface area contributed by atoms with E-state index < -0.39 is 5.97 Å². The molecule has 0 aliphatic rings. The molecule has 0 radical (unpaired) electrons. The molecule has 0 heterocycles. The molecule has 12 heavy (non-hydrogen) atoms. The number of carboxylic acids is 1. The highest BCUT2D eigenvalue weighted by atomic mass is 16.4. The van der Waals surface area contributed by atoms with Gasteiger partial charge in [0.05, 0.1) is 0 Å². The lowest BCUT2D eigenvalue weighted by molar-refractivity contribution is -0.138. The summed E-state index contributed by atoms with van der Waals surface area (Å²) >= 11 is 0. The summed E-state index contributed by atoms with van der Waals surface area (Å²) in [6, 6.07) is 0. The van der Waals surface area contributed by atoms with Gasteiger partial charge in [0, 0.05) is 6.42 Å². The van der Waals surface area contributed by atoms with Crippen molar-refractivity contribution in [3.63, 3.8) is 0 Å². The minimum atomic E-state index is -0.654. The smallest absolute Gasteiger partial charge is 0.303 e. The maximum Gasteiger partial charge on any atom is 0.303 e. The van der Waals surface area contributed by atoms with Crippen LogP contribution >= 0.6 is 0 Å². The van der Waals surface area contributed by atoms with Gasteiger partial charge in [0.1, 0.15) is 0 Å². The molecule has 0 spiro atoms. The quantitative estimate of drug-likeness (QED) is 0.599. The largest absolute Gasteiger partial charge is 0.481 e. The van der Waals surface area contributed by atoms with Crippen LogP contribution in [0.25, 0.3) is 0 Å². The average molecular weight is 172 g/mol. The summed E-state index contributed by atoms with van der Waals surface area (Å²) in [5, 5.41) is 8.57. The molecule has 0 bridgehead atoms. The molecular weight excluding hydrogens is 152 g/mol. The summed E-state index contributed by atoms with van der Waals surface area (Å²) in [5.74, 6) is -0.257. The van der Waals surface area contributed by atoms with Crippen molar-refractivity contribution in [3.05, 3.63) is 0 Å². The van der Waals surface area contributed by atoms with Gasteiger partial charge in [-0.15, -0.1) is 0 Å². The Morgan fingerprint density at radius 1 is 1.33 bits per heavy atom. The van der Waals surface area contributed by atoms with Gasteiger partial charge in [-0.1, -0.05) is 39.5 Å². The van der Waals surface area contributed by atoms with E-state index in [2.05, 4.69) is 13.8 Å². The van der Waals surface area contributed by atoms with Crippen LogP contribution in [-0.2, 0) is 4.79 Å². The summed E-state index contributed by atoms with van der Waals surface area (Å²) in [4.78, 5) is 10.4. The predicted molar refractivity (Wildman–Crippen MR) is 50.2 cm³/mol. The van der Waals surface area contributed by atoms with E-state index in [1.165, 1.54) is 19.3 Å². The molecule has 72 valence electrons. The number of carboxylic acid groups (broad SMARTS) is 1. The topological polar surface area (TPSA) is 37.3 Å². The molecular formula is C10H20O2. The first-order valence-corrected chi connectivity index (χ1v) is 4.92. The number of rotatable bonds is 7. The molecule has 0 saturated heterocycles. The number of hydrogen-bond acceptors (Lipinski definition) is 1. The second-order valence-corrected chi connectivity index (χ2v) is 3.37. The molecule has 0 aromatic rings. The van der Waals surface area contributed by atoms with Crippen LogP contribution in [-0.4, -0.2) is 11.1 Å². The first kappa shape index (κ1) is 11.5. The monoisotopic (exact) mass is 172 g/mol. The van der Waals surface area contributed by atoms with E-state index in [0.29, 0.717) is 12.3 Å². The molecule has 0 fully saturated rings. The third kappa shape index (κ3) is 6.20. The van der Waals surface area contributed by atoms with E-state index in [9.17, 15) is 4.79 Å². The summed E-state index contributed by atoms with van der Waals surface area (Å²) in [5.41, 5.74) is 0. The molecule has 0 amide bonds. The first-order valence-electron chi connectivity index (χ1n) is 4.92. The standard InChI is InChI=1S/C10H20O2/c1-3-5-6-7-9(4-2)8-10(11)12/h9H,3-8H2,1-2H3,(H,11,12). The zero-order valence-corrected chi connectivity index (χ0v) is 8.18. The van der Waals surface area contributed by atoms with Gasteiger partial charge >= 0.3 is 5.97 Å². The summed E-state index contributed by atoms with van der Waals surface area (Å²) in [6.07, 6.45) is 6.05. The fraction of sp³-hybridized carbons (Fsp3) is 0.900. The molecule has 1 unspecified atom stereocenters. The fourth-order valence-electron chi connectivity index (χ4n) is 1.38. The van der Waals surface area contributed by atoms with Gasteiger partial charge in [-0.25, -0.2) is 0 Å². The second-order valence-electron chi connectivity index (χ2n) is 3.37. The van der Waals surface area contributed by atoms with Crippen molar-refractivity contribution in [2.45, 2.75) is 52.4 Å². The molecule has 2 nitrogen and oxygen atoms in total. The highest BCUT2D eigenvalue weighted by molar-refractivity contribution is 5.66. The van der Waals surface area contributed by atoms with Crippen LogP contribution in [0.15, 0.2) is 0 Å². The van der Waals surface area contributed by atoms with Gasteiger partial charge in [-0.3, -0.25) is 4.79 Å². The molecule has 0 saturated carbocycles. The van der Waals surface area contributed by atoms with Gasteiger partial charge in [-0.05, 0) is 12.3 Å². The zero-order chi connectivity index (χ0) is 9.40. The highest BCUT2D eigenvalue weighted by Crippen LogP contribution is 2.16. The van der Waals surface area contributed by atoms with E-state index in [1.54, 1.807) is 0 Å². The van der Waals surface area contributed by atoms with Crippen molar-refractivity contribution in [3.8, 4) is 0 Å². The minimum Gasteiger partial charge on any atom is -0.481 e. The summed E-state index contributed by atoms with van der Waals surface area (Å²) in [7, 11) is 0. The van der Waals surface area contributed by atoms with Gasteiger partial charge < -0.3 is 5.11 Å². The molecule has 1 N–H and O–H groups in total. The van der Waals surface area contributed by atoms with Crippen LogP contribution in [0.2, 0.25) is 0 Å². The Bertz CT molecular complexity index is 121. The lowest BCUT2D eigenvalue weighted by Gasteiger charge is -2.10. The SMILES string of the molecule is CCCCCC(CC)CC(=O)O. The lowest BCUT2D eigenvalue weighted by atomic mass is 9.95. The van der Waals surface area contributed by atoms with Crippen molar-refractivity contribution in [1.82, 2.24) is 0 Å². The van der Waals surface area contributed by atoms with Crippen molar-refractivity contribution in [2.75, 3.05) is 0 Å². The molecule has 0 aliphatic carbocycles. The van der Waals surface area contributed by atoms with Gasteiger partial charge in [0.25, 0.3) is 0 Å². The van der Waals surface area contributed by atoms with Crippen LogP contribution < -0.4 is 0 Å². The maximum absolute atomic E-state index is 10.4. The minimum absolute atomic E-state index is 0.347. The second kappa shape index (κ2) is 7.14. The molecule has 0 aromatic heterocycles. The number of hydrogen-bond donors (Lipinski definition) is 1. The molecule has 0 aliphatic heterocycles. The van der Waals surface area contributed by atoms with Crippen LogP contribution in [0.5, 0.6) is 0 Å². The fourth-order valence-corrected chi connectivity index (χ4v) is 1.38. The Balaban J connectivity index is 3.46. The summed E-state index contributed by atoms with van der Waals surface area (Å²) < 4.78 is 0. The third-order valence-corrected chi connectivity index (χ3v) is 2.26. The van der Waals surface area contributed by atoms with E-state index >= 15 is 0 Å². The van der Waals surface area contributed by atoms with Crippen molar-refractivity contribution >= 4 is 5.97 Å². The van der Waals surface area contributed by atoms with Gasteiger partial charge in [0.15, 0.2) is 0 Å². The number of carbonyl (C=O) groups is 1. The van der Waals surface area contributed by atoms with Crippen LogP contribution in [0.3, 0.4) is 0 Å². The Kier molecular flexibility index (Phi) is 6.82. The van der Waals surface area contributed by atoms with E-state index in [1.807, 2.05) is 0 Å². The Morgan fingerprint density at radius 2 is 2.00 bits per heavy atom. The molecule has 0 aromatic carbocycles. The zero-order valence-electron chi connectivity index (χ0n) is 8.18. The van der Waals surface area contributed by atoms with Gasteiger partial charge in [-0.2, -0.15) is 0 Å². The van der Waals surface area contributed by atoms with E-state index in [-0.39, 0.29) is 0 Å². The maximum atomic E-state index is 10.4. The van der Waals surface area contributed by atoms with E-state index in [4.69, 9.17) is 5.11 Å². The summed E-state index contributed by atoms with van der Waals surface area (Å²) in [6.45, 7) is 4.23. The third-order valence-electron chi connectivity index (χ3n) is 2.26. The molecule has 0 rings (SSSR count). The van der Waals surface area contributed by atoms with Crippen molar-refractivity contribution in [2.24, 2.45) is 5.92 Å². The van der Waals surface area contributed by atoms with Crippen LogP contribution in [0.1, 0.15) is 52.4 Å². The lowest BCUT2D eigenvalue weighted by Crippen LogP contribution is -2.06. The van der Waals surface area contributed by atoms with Crippen LogP contribution in [0, 0.1) is 5.92 Å². The predicted octanol–water partition coefficient (Wildman–Crippen LogP) is 3.07. The van der Waals surface area contributed by atoms with E-state index in [0.717, 1.165) is 12.8 Å². The van der Waals surface area contributed by atoms with Crippen molar-refractivity contribution < 1.29 is 9.90 Å². The Hall–Kier alpha value is -0.530. The number of aliphatic carboxylic acids is 1. The van der Waals surface area contributed by atoms with Crippen LogP contribution in [0.4, 0.5) is 0 Å². The van der Waals surface area contributed by atoms with Gasteiger partial charge in [0.2, 0.25) is 0 Å². The Labute approximate surface area is 75.0 Å². The number of unbranched alkanes of at least 4 members (excludes halogenated alkanes) is 2. The molecule has 1 atom stereocenters. The first-order chi connectivity index (χ1) is 5.70. The normalized spacial score (nSPS) is 12.8. The molecule has 2 heteroatoms.